The molecule has 0 fully saturated rings. The Hall–Kier alpha value is -0.0800. The van der Waals surface area contributed by atoms with E-state index in [9.17, 15) is 0 Å². The van der Waals surface area contributed by atoms with Gasteiger partial charge in [-0.2, -0.15) is 0 Å². The maximum atomic E-state index is 5.07. The SMILES string of the molecule is CCCCC(CC)NC(C)CCOC. The van der Waals surface area contributed by atoms with Crippen molar-refractivity contribution in [3.05, 3.63) is 0 Å². The Labute approximate surface area is 89.4 Å². The van der Waals surface area contributed by atoms with Crippen LogP contribution in [0.2, 0.25) is 0 Å². The number of nitrogens with one attached hydrogen (secondary N) is 1. The van der Waals surface area contributed by atoms with E-state index in [4.69, 9.17) is 4.74 Å². The van der Waals surface area contributed by atoms with E-state index in [0.29, 0.717) is 12.1 Å². The highest BCUT2D eigenvalue weighted by molar-refractivity contribution is 4.70. The molecule has 0 spiro atoms. The van der Waals surface area contributed by atoms with Crippen molar-refractivity contribution < 1.29 is 4.74 Å². The van der Waals surface area contributed by atoms with Gasteiger partial charge in [0.1, 0.15) is 0 Å². The molecule has 14 heavy (non-hydrogen) atoms. The molecule has 0 aliphatic heterocycles. The first-order chi connectivity index (χ1) is 6.74. The van der Waals surface area contributed by atoms with Crippen LogP contribution < -0.4 is 5.32 Å². The molecular weight excluding hydrogens is 174 g/mol. The highest BCUT2D eigenvalue weighted by atomic mass is 16.5. The summed E-state index contributed by atoms with van der Waals surface area (Å²) >= 11 is 0. The quantitative estimate of drug-likeness (QED) is 0.619. The molecule has 2 heteroatoms. The highest BCUT2D eigenvalue weighted by Crippen LogP contribution is 2.06. The zero-order valence-electron chi connectivity index (χ0n) is 10.3. The summed E-state index contributed by atoms with van der Waals surface area (Å²) < 4.78 is 5.07. The van der Waals surface area contributed by atoms with Crippen LogP contribution >= 0.6 is 0 Å². The van der Waals surface area contributed by atoms with Crippen molar-refractivity contribution >= 4 is 0 Å². The third-order valence-corrected chi connectivity index (χ3v) is 2.67. The summed E-state index contributed by atoms with van der Waals surface area (Å²) in [7, 11) is 1.76. The molecule has 1 N–H and O–H groups in total. The Balaban J connectivity index is 3.57. The van der Waals surface area contributed by atoms with Crippen LogP contribution in [0.3, 0.4) is 0 Å². The second-order valence-corrected chi connectivity index (χ2v) is 4.10. The van der Waals surface area contributed by atoms with Crippen LogP contribution in [0, 0.1) is 0 Å². The molecule has 86 valence electrons. The van der Waals surface area contributed by atoms with Gasteiger partial charge in [-0.3, -0.25) is 0 Å². The van der Waals surface area contributed by atoms with Crippen LogP contribution in [0.25, 0.3) is 0 Å². The summed E-state index contributed by atoms with van der Waals surface area (Å²) in [5.41, 5.74) is 0. The minimum atomic E-state index is 0.580. The van der Waals surface area contributed by atoms with Crippen molar-refractivity contribution in [1.29, 1.82) is 0 Å². The average Bonchev–Trinajstić information content (AvgIpc) is 2.21. The van der Waals surface area contributed by atoms with Gasteiger partial charge in [0.25, 0.3) is 0 Å². The van der Waals surface area contributed by atoms with E-state index in [0.717, 1.165) is 13.0 Å². The first-order valence-electron chi connectivity index (χ1n) is 5.99. The van der Waals surface area contributed by atoms with Gasteiger partial charge in [-0.15, -0.1) is 0 Å². The molecule has 0 heterocycles. The van der Waals surface area contributed by atoms with Gasteiger partial charge in [0.2, 0.25) is 0 Å². The fraction of sp³-hybridized carbons (Fsp3) is 1.00. The number of unbranched alkanes of at least 4 members (excludes halogenated alkanes) is 1. The monoisotopic (exact) mass is 201 g/mol. The molecule has 2 unspecified atom stereocenters. The number of hydrogen-bond donors (Lipinski definition) is 1. The van der Waals surface area contributed by atoms with E-state index in [-0.39, 0.29) is 0 Å². The molecule has 0 aliphatic carbocycles. The van der Waals surface area contributed by atoms with Gasteiger partial charge in [0, 0.05) is 25.8 Å². The lowest BCUT2D eigenvalue weighted by Gasteiger charge is -2.21. The van der Waals surface area contributed by atoms with E-state index < -0.39 is 0 Å². The van der Waals surface area contributed by atoms with E-state index in [1.807, 2.05) is 0 Å². The Morgan fingerprint density at radius 2 is 1.93 bits per heavy atom. The third kappa shape index (κ3) is 7.34. The average molecular weight is 201 g/mol. The highest BCUT2D eigenvalue weighted by Gasteiger charge is 2.08. The zero-order valence-corrected chi connectivity index (χ0v) is 10.3. The second-order valence-electron chi connectivity index (χ2n) is 4.10. The van der Waals surface area contributed by atoms with Crippen molar-refractivity contribution in [1.82, 2.24) is 5.32 Å². The van der Waals surface area contributed by atoms with Crippen molar-refractivity contribution in [2.24, 2.45) is 0 Å². The van der Waals surface area contributed by atoms with Crippen molar-refractivity contribution in [3.63, 3.8) is 0 Å². The first-order valence-corrected chi connectivity index (χ1v) is 5.99. The van der Waals surface area contributed by atoms with E-state index in [2.05, 4.69) is 26.1 Å². The number of rotatable bonds is 9. The maximum absolute atomic E-state index is 5.07. The number of ether oxygens (including phenoxy) is 1. The fourth-order valence-corrected chi connectivity index (χ4v) is 1.64. The van der Waals surface area contributed by atoms with Crippen LogP contribution in [-0.4, -0.2) is 25.8 Å². The van der Waals surface area contributed by atoms with Gasteiger partial charge in [-0.25, -0.2) is 0 Å². The lowest BCUT2D eigenvalue weighted by Crippen LogP contribution is -2.36. The summed E-state index contributed by atoms with van der Waals surface area (Å²) in [6.45, 7) is 7.61. The summed E-state index contributed by atoms with van der Waals surface area (Å²) in [5.74, 6) is 0. The molecule has 0 radical (unpaired) electrons. The van der Waals surface area contributed by atoms with E-state index in [1.165, 1.54) is 25.7 Å². The topological polar surface area (TPSA) is 21.3 Å². The lowest BCUT2D eigenvalue weighted by molar-refractivity contribution is 0.182. The molecule has 0 bridgehead atoms. The summed E-state index contributed by atoms with van der Waals surface area (Å²) in [6, 6.07) is 1.28. The normalized spacial score (nSPS) is 15.4. The zero-order chi connectivity index (χ0) is 10.8. The van der Waals surface area contributed by atoms with Gasteiger partial charge in [0.15, 0.2) is 0 Å². The summed E-state index contributed by atoms with van der Waals surface area (Å²) in [5, 5.41) is 3.66. The standard InChI is InChI=1S/C12H27NO/c1-5-7-8-12(6-2)13-11(3)9-10-14-4/h11-13H,5-10H2,1-4H3. The van der Waals surface area contributed by atoms with Crippen LogP contribution in [0.4, 0.5) is 0 Å². The van der Waals surface area contributed by atoms with Crippen LogP contribution in [0.5, 0.6) is 0 Å². The molecular formula is C12H27NO. The van der Waals surface area contributed by atoms with Gasteiger partial charge >= 0.3 is 0 Å². The predicted molar refractivity (Wildman–Crippen MR) is 62.7 cm³/mol. The van der Waals surface area contributed by atoms with Crippen molar-refractivity contribution in [3.8, 4) is 0 Å². The molecule has 0 saturated heterocycles. The van der Waals surface area contributed by atoms with Crippen LogP contribution in [0.15, 0.2) is 0 Å². The van der Waals surface area contributed by atoms with Crippen LogP contribution in [-0.2, 0) is 4.74 Å². The Kier molecular flexibility index (Phi) is 9.42. The predicted octanol–water partition coefficient (Wildman–Crippen LogP) is 2.97. The summed E-state index contributed by atoms with van der Waals surface area (Å²) in [4.78, 5) is 0. The van der Waals surface area contributed by atoms with E-state index in [1.54, 1.807) is 7.11 Å². The van der Waals surface area contributed by atoms with Crippen LogP contribution in [0.1, 0.15) is 52.9 Å². The minimum Gasteiger partial charge on any atom is -0.385 e. The maximum Gasteiger partial charge on any atom is 0.0476 e. The van der Waals surface area contributed by atoms with Gasteiger partial charge < -0.3 is 10.1 Å². The Bertz CT molecular complexity index is 117. The van der Waals surface area contributed by atoms with E-state index >= 15 is 0 Å². The van der Waals surface area contributed by atoms with Gasteiger partial charge in [-0.05, 0) is 26.2 Å². The third-order valence-electron chi connectivity index (χ3n) is 2.67. The fourth-order valence-electron chi connectivity index (χ4n) is 1.64. The molecule has 0 aromatic heterocycles. The molecule has 2 nitrogen and oxygen atoms in total. The molecule has 0 aliphatic rings. The Morgan fingerprint density at radius 1 is 1.21 bits per heavy atom. The smallest absolute Gasteiger partial charge is 0.0476 e. The minimum absolute atomic E-state index is 0.580. The second kappa shape index (κ2) is 9.47. The number of methoxy groups -OCH3 is 1. The van der Waals surface area contributed by atoms with Gasteiger partial charge in [0.05, 0.1) is 0 Å². The molecule has 0 saturated carbocycles. The van der Waals surface area contributed by atoms with Gasteiger partial charge in [-0.1, -0.05) is 26.7 Å². The molecule has 0 rings (SSSR count). The largest absolute Gasteiger partial charge is 0.385 e. The molecule has 0 aromatic rings. The molecule has 0 aromatic carbocycles. The Morgan fingerprint density at radius 3 is 2.43 bits per heavy atom. The first kappa shape index (κ1) is 13.9. The number of hydrogen-bond acceptors (Lipinski definition) is 2. The summed E-state index contributed by atoms with van der Waals surface area (Å²) in [6.07, 6.45) is 6.29. The molecule has 2 atom stereocenters. The van der Waals surface area contributed by atoms with Crippen molar-refractivity contribution in [2.75, 3.05) is 13.7 Å². The van der Waals surface area contributed by atoms with Crippen molar-refractivity contribution in [2.45, 2.75) is 65.0 Å². The lowest BCUT2D eigenvalue weighted by atomic mass is 10.1. The molecule has 0 amide bonds.